The van der Waals surface area contributed by atoms with Gasteiger partial charge in [0, 0.05) is 47.0 Å². The van der Waals surface area contributed by atoms with Gasteiger partial charge in [-0.2, -0.15) is 0 Å². The Bertz CT molecular complexity index is 1580. The number of aromatic amines is 1. The van der Waals surface area contributed by atoms with Gasteiger partial charge in [-0.15, -0.1) is 0 Å². The van der Waals surface area contributed by atoms with E-state index in [1.165, 1.54) is 0 Å². The molecule has 1 aromatic heterocycles. The summed E-state index contributed by atoms with van der Waals surface area (Å²) in [6.45, 7) is 4.87. The van der Waals surface area contributed by atoms with Gasteiger partial charge < -0.3 is 25.5 Å². The van der Waals surface area contributed by atoms with Crippen molar-refractivity contribution >= 4 is 28.5 Å². The molecule has 3 amide bonds. The molecule has 5 rings (SSSR count). The largest absolute Gasteiger partial charge is 0.490 e. The molecule has 1 fully saturated rings. The van der Waals surface area contributed by atoms with Crippen LogP contribution in [0.1, 0.15) is 40.9 Å². The minimum Gasteiger partial charge on any atom is -0.490 e. The fourth-order valence-corrected chi connectivity index (χ4v) is 4.72. The topological polar surface area (TPSA) is 107 Å². The standard InChI is InChI=1S/C32H32N4O4/c1-21(2)40-30-14-11-23(8-7-22-9-12-26(13-10-22)36-16-15-33-32(36)39)17-28(30)31(38)35-25(20-37)18-24-19-34-29-6-4-3-5-27(24)29/h3-6,9-14,17,19,21,25,34,37H,15-16,18,20H2,1-2H3,(H,33,39)(H,35,38)/t25-/m1/s1. The average Bonchev–Trinajstić information content (AvgIpc) is 3.58. The number of hydrogen-bond acceptors (Lipinski definition) is 4. The summed E-state index contributed by atoms with van der Waals surface area (Å²) in [7, 11) is 0. The van der Waals surface area contributed by atoms with Gasteiger partial charge in [-0.3, -0.25) is 9.69 Å². The molecule has 0 aliphatic carbocycles. The minimum atomic E-state index is -0.482. The molecule has 0 saturated carbocycles. The molecule has 1 aliphatic rings. The molecular weight excluding hydrogens is 504 g/mol. The summed E-state index contributed by atoms with van der Waals surface area (Å²) < 4.78 is 5.92. The van der Waals surface area contributed by atoms with Gasteiger partial charge in [-0.05, 0) is 74.4 Å². The second-order valence-corrected chi connectivity index (χ2v) is 9.97. The molecule has 0 radical (unpaired) electrons. The van der Waals surface area contributed by atoms with Gasteiger partial charge in [0.25, 0.3) is 5.91 Å². The molecule has 4 N–H and O–H groups in total. The molecular formula is C32H32N4O4. The normalized spacial score (nSPS) is 13.6. The maximum atomic E-state index is 13.4. The Hall–Kier alpha value is -4.74. The van der Waals surface area contributed by atoms with Crippen LogP contribution in [0.15, 0.2) is 72.9 Å². The van der Waals surface area contributed by atoms with Gasteiger partial charge >= 0.3 is 6.03 Å². The number of nitrogens with zero attached hydrogens (tertiary/aromatic N) is 1. The van der Waals surface area contributed by atoms with Gasteiger partial charge in [-0.25, -0.2) is 4.79 Å². The molecule has 0 unspecified atom stereocenters. The minimum absolute atomic E-state index is 0.0989. The van der Waals surface area contributed by atoms with Gasteiger partial charge in [0.1, 0.15) is 5.75 Å². The fourth-order valence-electron chi connectivity index (χ4n) is 4.72. The summed E-state index contributed by atoms with van der Waals surface area (Å²) in [5, 5.41) is 16.9. The number of carbonyl (C=O) groups excluding carboxylic acids is 2. The molecule has 1 saturated heterocycles. The first kappa shape index (κ1) is 26.9. The molecule has 8 heteroatoms. The molecule has 8 nitrogen and oxygen atoms in total. The number of anilines is 1. The lowest BCUT2D eigenvalue weighted by molar-refractivity contribution is 0.0910. The number of fused-ring (bicyclic) bond motifs is 1. The van der Waals surface area contributed by atoms with E-state index in [9.17, 15) is 14.7 Å². The van der Waals surface area contributed by atoms with Crippen molar-refractivity contribution < 1.29 is 19.4 Å². The highest BCUT2D eigenvalue weighted by Crippen LogP contribution is 2.23. The maximum Gasteiger partial charge on any atom is 0.321 e. The molecule has 40 heavy (non-hydrogen) atoms. The molecule has 0 bridgehead atoms. The van der Waals surface area contributed by atoms with E-state index in [-0.39, 0.29) is 24.6 Å². The summed E-state index contributed by atoms with van der Waals surface area (Å²) in [6, 6.07) is 20.1. The third-order valence-electron chi connectivity index (χ3n) is 6.67. The highest BCUT2D eigenvalue weighted by atomic mass is 16.5. The monoisotopic (exact) mass is 536 g/mol. The summed E-state index contributed by atoms with van der Waals surface area (Å²) in [5.74, 6) is 6.37. The number of benzene rings is 3. The van der Waals surface area contributed by atoms with E-state index in [1.54, 1.807) is 17.0 Å². The number of hydrogen-bond donors (Lipinski definition) is 4. The molecule has 1 aliphatic heterocycles. The first-order valence-electron chi connectivity index (χ1n) is 13.4. The molecule has 2 heterocycles. The van der Waals surface area contributed by atoms with E-state index >= 15 is 0 Å². The number of para-hydroxylation sites is 1. The lowest BCUT2D eigenvalue weighted by Gasteiger charge is -2.19. The second-order valence-electron chi connectivity index (χ2n) is 9.97. The zero-order chi connectivity index (χ0) is 28.1. The van der Waals surface area contributed by atoms with Gasteiger partial charge in [0.05, 0.1) is 24.3 Å². The van der Waals surface area contributed by atoms with E-state index in [0.29, 0.717) is 36.4 Å². The molecule has 3 aromatic carbocycles. The molecule has 1 atom stereocenters. The Morgan fingerprint density at radius 1 is 1.07 bits per heavy atom. The number of nitrogens with one attached hydrogen (secondary N) is 3. The van der Waals surface area contributed by atoms with E-state index in [1.807, 2.05) is 74.6 Å². The van der Waals surface area contributed by atoms with Crippen LogP contribution in [0, 0.1) is 11.8 Å². The Morgan fingerprint density at radius 2 is 1.82 bits per heavy atom. The number of amides is 3. The van der Waals surface area contributed by atoms with Crippen LogP contribution in [-0.4, -0.2) is 53.9 Å². The summed E-state index contributed by atoms with van der Waals surface area (Å²) >= 11 is 0. The van der Waals surface area contributed by atoms with Crippen LogP contribution in [0.5, 0.6) is 5.75 Å². The number of carbonyl (C=O) groups is 2. The highest BCUT2D eigenvalue weighted by molar-refractivity contribution is 5.97. The van der Waals surface area contributed by atoms with Crippen molar-refractivity contribution in [2.75, 3.05) is 24.6 Å². The van der Waals surface area contributed by atoms with Crippen molar-refractivity contribution in [3.8, 4) is 17.6 Å². The van der Waals surface area contributed by atoms with Crippen molar-refractivity contribution in [3.05, 3.63) is 95.2 Å². The van der Waals surface area contributed by atoms with Crippen molar-refractivity contribution in [2.24, 2.45) is 0 Å². The van der Waals surface area contributed by atoms with Crippen molar-refractivity contribution in [1.29, 1.82) is 0 Å². The van der Waals surface area contributed by atoms with E-state index < -0.39 is 6.04 Å². The van der Waals surface area contributed by atoms with Crippen LogP contribution >= 0.6 is 0 Å². The lowest BCUT2D eigenvalue weighted by Crippen LogP contribution is -2.39. The molecule has 4 aromatic rings. The van der Waals surface area contributed by atoms with E-state index in [2.05, 4.69) is 27.5 Å². The first-order chi connectivity index (χ1) is 19.4. The van der Waals surface area contributed by atoms with Crippen LogP contribution in [0.4, 0.5) is 10.5 Å². The van der Waals surface area contributed by atoms with E-state index in [4.69, 9.17) is 4.74 Å². The quantitative estimate of drug-likeness (QED) is 0.253. The number of ether oxygens (including phenoxy) is 1. The predicted molar refractivity (Wildman–Crippen MR) is 156 cm³/mol. The van der Waals surface area contributed by atoms with Gasteiger partial charge in [0.15, 0.2) is 0 Å². The number of aromatic nitrogens is 1. The number of aliphatic hydroxyl groups is 1. The highest BCUT2D eigenvalue weighted by Gasteiger charge is 2.21. The smallest absolute Gasteiger partial charge is 0.321 e. The maximum absolute atomic E-state index is 13.4. The predicted octanol–water partition coefficient (Wildman–Crippen LogP) is 4.22. The lowest BCUT2D eigenvalue weighted by atomic mass is 10.0. The third-order valence-corrected chi connectivity index (χ3v) is 6.67. The Morgan fingerprint density at radius 3 is 2.55 bits per heavy atom. The SMILES string of the molecule is CC(C)Oc1ccc(C#Cc2ccc(N3CCNC3=O)cc2)cc1C(=O)N[C@@H](CO)Cc1c[nH]c2ccccc12. The number of H-pyrrole nitrogens is 1. The van der Waals surface area contributed by atoms with Crippen molar-refractivity contribution in [1.82, 2.24) is 15.6 Å². The van der Waals surface area contributed by atoms with Gasteiger partial charge in [-0.1, -0.05) is 30.0 Å². The third kappa shape index (κ3) is 6.11. The molecule has 204 valence electrons. The van der Waals surface area contributed by atoms with Crippen molar-refractivity contribution in [3.63, 3.8) is 0 Å². The molecule has 0 spiro atoms. The van der Waals surface area contributed by atoms with Gasteiger partial charge in [0.2, 0.25) is 0 Å². The first-order valence-corrected chi connectivity index (χ1v) is 13.4. The Balaban J connectivity index is 1.34. The van der Waals surface area contributed by atoms with Crippen LogP contribution in [0.3, 0.4) is 0 Å². The van der Waals surface area contributed by atoms with Crippen LogP contribution < -0.4 is 20.3 Å². The summed E-state index contributed by atoms with van der Waals surface area (Å²) in [5.41, 5.74) is 4.65. The van der Waals surface area contributed by atoms with Crippen molar-refractivity contribution in [2.45, 2.75) is 32.4 Å². The summed E-state index contributed by atoms with van der Waals surface area (Å²) in [6.07, 6.45) is 2.26. The second kappa shape index (κ2) is 12.0. The fraction of sp³-hybridized carbons (Fsp3) is 0.250. The zero-order valence-corrected chi connectivity index (χ0v) is 22.5. The number of urea groups is 1. The average molecular weight is 537 g/mol. The number of rotatable bonds is 8. The van der Waals surface area contributed by atoms with Crippen LogP contribution in [-0.2, 0) is 6.42 Å². The summed E-state index contributed by atoms with van der Waals surface area (Å²) in [4.78, 5) is 30.3. The Kier molecular flexibility index (Phi) is 8.04. The van der Waals surface area contributed by atoms with Crippen LogP contribution in [0.25, 0.3) is 10.9 Å². The Labute approximate surface area is 233 Å². The van der Waals surface area contributed by atoms with Crippen LogP contribution in [0.2, 0.25) is 0 Å². The van der Waals surface area contributed by atoms with E-state index in [0.717, 1.165) is 27.7 Å². The number of aliphatic hydroxyl groups excluding tert-OH is 1. The zero-order valence-electron chi connectivity index (χ0n) is 22.5.